The number of anilines is 1. The second-order valence-electron chi connectivity index (χ2n) is 3.37. The summed E-state index contributed by atoms with van der Waals surface area (Å²) in [6.45, 7) is 0.411. The van der Waals surface area contributed by atoms with Gasteiger partial charge in [0.15, 0.2) is 0 Å². The van der Waals surface area contributed by atoms with Crippen molar-refractivity contribution in [1.82, 2.24) is 4.90 Å². The van der Waals surface area contributed by atoms with Gasteiger partial charge in [0.2, 0.25) is 5.91 Å². The molecular formula is C10H11N3O2. The molecular weight excluding hydrogens is 194 g/mol. The van der Waals surface area contributed by atoms with E-state index in [9.17, 15) is 9.59 Å². The lowest BCUT2D eigenvalue weighted by molar-refractivity contribution is -0.118. The number of hydrogen-bond acceptors (Lipinski definition) is 2. The molecule has 1 aromatic rings. The second kappa shape index (κ2) is 3.61. The minimum atomic E-state index is -0.460. The van der Waals surface area contributed by atoms with Gasteiger partial charge in [-0.3, -0.25) is 4.79 Å². The van der Waals surface area contributed by atoms with Gasteiger partial charge in [-0.05, 0) is 12.1 Å². The molecule has 1 saturated heterocycles. The maximum atomic E-state index is 11.5. The van der Waals surface area contributed by atoms with E-state index in [1.165, 1.54) is 4.90 Å². The quantitative estimate of drug-likeness (QED) is 0.685. The Morgan fingerprint density at radius 1 is 1.33 bits per heavy atom. The second-order valence-corrected chi connectivity index (χ2v) is 3.37. The van der Waals surface area contributed by atoms with Crippen molar-refractivity contribution in [2.24, 2.45) is 5.73 Å². The maximum Gasteiger partial charge on any atom is 0.322 e. The zero-order chi connectivity index (χ0) is 10.8. The number of para-hydroxylation sites is 1. The standard InChI is InChI=1S/C10H11N3O2/c11-9(14)8-6-13(8)10(15)12-7-4-2-1-3-5-7/h1-5,8H,6H2,(H2,11,14)(H,12,15)/t8-,13?/m0/s1. The van der Waals surface area contributed by atoms with Crippen LogP contribution in [-0.2, 0) is 4.79 Å². The van der Waals surface area contributed by atoms with E-state index >= 15 is 0 Å². The molecule has 78 valence electrons. The molecule has 0 unspecified atom stereocenters. The average molecular weight is 205 g/mol. The monoisotopic (exact) mass is 205 g/mol. The Morgan fingerprint density at radius 2 is 2.00 bits per heavy atom. The van der Waals surface area contributed by atoms with Crippen molar-refractivity contribution in [3.05, 3.63) is 30.3 Å². The number of nitrogens with zero attached hydrogens (tertiary/aromatic N) is 1. The van der Waals surface area contributed by atoms with E-state index in [1.54, 1.807) is 12.1 Å². The Kier molecular flexibility index (Phi) is 2.29. The number of hydrogen-bond donors (Lipinski definition) is 2. The largest absolute Gasteiger partial charge is 0.368 e. The fraction of sp³-hybridized carbons (Fsp3) is 0.200. The average Bonchev–Trinajstić information content (AvgIpc) is 2.98. The molecule has 0 saturated carbocycles. The first-order chi connectivity index (χ1) is 7.18. The van der Waals surface area contributed by atoms with Crippen LogP contribution in [0.5, 0.6) is 0 Å². The van der Waals surface area contributed by atoms with Crippen LogP contribution < -0.4 is 11.1 Å². The van der Waals surface area contributed by atoms with E-state index in [0.717, 1.165) is 0 Å². The van der Waals surface area contributed by atoms with Crippen LogP contribution in [-0.4, -0.2) is 29.4 Å². The van der Waals surface area contributed by atoms with Crippen LogP contribution in [0.15, 0.2) is 30.3 Å². The van der Waals surface area contributed by atoms with Crippen LogP contribution in [0.1, 0.15) is 0 Å². The lowest BCUT2D eigenvalue weighted by Gasteiger charge is -2.05. The molecule has 1 aromatic carbocycles. The molecule has 1 aliphatic heterocycles. The van der Waals surface area contributed by atoms with Gasteiger partial charge in [-0.1, -0.05) is 18.2 Å². The zero-order valence-corrected chi connectivity index (χ0v) is 8.01. The summed E-state index contributed by atoms with van der Waals surface area (Å²) < 4.78 is 0. The number of amides is 3. The Labute approximate surface area is 86.9 Å². The van der Waals surface area contributed by atoms with Gasteiger partial charge in [0.1, 0.15) is 6.04 Å². The number of nitrogens with one attached hydrogen (secondary N) is 1. The van der Waals surface area contributed by atoms with Crippen LogP contribution in [0.2, 0.25) is 0 Å². The minimum Gasteiger partial charge on any atom is -0.368 e. The van der Waals surface area contributed by atoms with Crippen molar-refractivity contribution in [2.75, 3.05) is 11.9 Å². The van der Waals surface area contributed by atoms with Gasteiger partial charge in [0, 0.05) is 5.69 Å². The maximum absolute atomic E-state index is 11.5. The molecule has 0 aromatic heterocycles. The fourth-order valence-corrected chi connectivity index (χ4v) is 1.32. The highest BCUT2D eigenvalue weighted by Gasteiger charge is 2.42. The van der Waals surface area contributed by atoms with Crippen LogP contribution >= 0.6 is 0 Å². The number of benzene rings is 1. The number of urea groups is 1. The first-order valence-electron chi connectivity index (χ1n) is 4.60. The van der Waals surface area contributed by atoms with Gasteiger partial charge >= 0.3 is 6.03 Å². The van der Waals surface area contributed by atoms with Gasteiger partial charge < -0.3 is 16.0 Å². The summed E-state index contributed by atoms with van der Waals surface area (Å²) in [6, 6.07) is 8.34. The number of nitrogens with two attached hydrogens (primary N) is 1. The van der Waals surface area contributed by atoms with E-state index in [2.05, 4.69) is 5.32 Å². The predicted molar refractivity (Wildman–Crippen MR) is 55.1 cm³/mol. The van der Waals surface area contributed by atoms with Gasteiger partial charge in [-0.2, -0.15) is 0 Å². The zero-order valence-electron chi connectivity index (χ0n) is 8.01. The molecule has 15 heavy (non-hydrogen) atoms. The minimum absolute atomic E-state index is 0.287. The van der Waals surface area contributed by atoms with E-state index in [4.69, 9.17) is 5.73 Å². The number of carbonyl (C=O) groups is 2. The molecule has 3 amide bonds. The van der Waals surface area contributed by atoms with Gasteiger partial charge in [0.25, 0.3) is 0 Å². The summed E-state index contributed by atoms with van der Waals surface area (Å²) >= 11 is 0. The lowest BCUT2D eigenvalue weighted by atomic mass is 10.3. The van der Waals surface area contributed by atoms with E-state index < -0.39 is 11.9 Å². The molecule has 2 rings (SSSR count). The topological polar surface area (TPSA) is 75.2 Å². The van der Waals surface area contributed by atoms with Gasteiger partial charge in [-0.15, -0.1) is 0 Å². The van der Waals surface area contributed by atoms with Crippen molar-refractivity contribution in [1.29, 1.82) is 0 Å². The Balaban J connectivity index is 1.92. The smallest absolute Gasteiger partial charge is 0.322 e. The molecule has 1 fully saturated rings. The molecule has 5 nitrogen and oxygen atoms in total. The Bertz CT molecular complexity index is 391. The van der Waals surface area contributed by atoms with Crippen molar-refractivity contribution in [3.8, 4) is 0 Å². The molecule has 0 spiro atoms. The normalized spacial score (nSPS) is 18.4. The molecule has 3 N–H and O–H groups in total. The number of carbonyl (C=O) groups excluding carboxylic acids is 2. The molecule has 0 radical (unpaired) electrons. The lowest BCUT2D eigenvalue weighted by Crippen LogP contribution is -2.27. The Morgan fingerprint density at radius 3 is 2.53 bits per heavy atom. The fourth-order valence-electron chi connectivity index (χ4n) is 1.32. The van der Waals surface area contributed by atoms with Crippen LogP contribution in [0.3, 0.4) is 0 Å². The molecule has 0 bridgehead atoms. The van der Waals surface area contributed by atoms with Crippen LogP contribution in [0.25, 0.3) is 0 Å². The third-order valence-electron chi connectivity index (χ3n) is 2.23. The summed E-state index contributed by atoms with van der Waals surface area (Å²) in [5.74, 6) is -0.460. The van der Waals surface area contributed by atoms with Crippen LogP contribution in [0, 0.1) is 0 Å². The summed E-state index contributed by atoms with van der Waals surface area (Å²) in [4.78, 5) is 23.6. The first kappa shape index (κ1) is 9.51. The number of primary amides is 1. The summed E-state index contributed by atoms with van der Waals surface area (Å²) in [7, 11) is 0. The first-order valence-corrected chi connectivity index (χ1v) is 4.60. The van der Waals surface area contributed by atoms with Gasteiger partial charge in [0.05, 0.1) is 6.54 Å². The third kappa shape index (κ3) is 2.07. The number of rotatable bonds is 2. The van der Waals surface area contributed by atoms with Crippen molar-refractivity contribution < 1.29 is 9.59 Å². The highest BCUT2D eigenvalue weighted by atomic mass is 16.2. The van der Waals surface area contributed by atoms with E-state index in [0.29, 0.717) is 12.2 Å². The highest BCUT2D eigenvalue weighted by Crippen LogP contribution is 2.18. The highest BCUT2D eigenvalue weighted by molar-refractivity contribution is 5.97. The van der Waals surface area contributed by atoms with Gasteiger partial charge in [-0.25, -0.2) is 4.79 Å². The van der Waals surface area contributed by atoms with Crippen LogP contribution in [0.4, 0.5) is 10.5 Å². The Hall–Kier alpha value is -2.04. The summed E-state index contributed by atoms with van der Waals surface area (Å²) in [6.07, 6.45) is 0. The molecule has 1 aliphatic rings. The molecule has 1 atom stereocenters. The molecule has 0 aliphatic carbocycles. The van der Waals surface area contributed by atoms with Crippen molar-refractivity contribution >= 4 is 17.6 Å². The summed E-state index contributed by atoms with van der Waals surface area (Å²) in [5, 5.41) is 2.67. The van der Waals surface area contributed by atoms with Crippen molar-refractivity contribution in [3.63, 3.8) is 0 Å². The summed E-state index contributed by atoms with van der Waals surface area (Å²) in [5.41, 5.74) is 5.76. The van der Waals surface area contributed by atoms with E-state index in [-0.39, 0.29) is 6.03 Å². The predicted octanol–water partition coefficient (Wildman–Crippen LogP) is 0.388. The molecule has 1 heterocycles. The third-order valence-corrected chi connectivity index (χ3v) is 2.23. The molecule has 5 heteroatoms. The SMILES string of the molecule is NC(=O)[C@@H]1CN1C(=O)Nc1ccccc1. The van der Waals surface area contributed by atoms with E-state index in [1.807, 2.05) is 18.2 Å². The van der Waals surface area contributed by atoms with Crippen molar-refractivity contribution in [2.45, 2.75) is 6.04 Å².